The molecule has 0 aliphatic carbocycles. The molecular formula is C52H59N10O7S2+. The minimum Gasteiger partial charge on any atom is -0.391 e. The van der Waals surface area contributed by atoms with Crippen LogP contribution in [0.15, 0.2) is 119 Å². The molecule has 5 saturated heterocycles. The van der Waals surface area contributed by atoms with Crippen molar-refractivity contribution < 1.29 is 36.4 Å². The normalized spacial score (nSPS) is 21.2. The second-order valence-electron chi connectivity index (χ2n) is 19.9. The van der Waals surface area contributed by atoms with E-state index in [2.05, 4.69) is 35.6 Å². The van der Waals surface area contributed by atoms with Crippen LogP contribution in [-0.4, -0.2) is 159 Å². The summed E-state index contributed by atoms with van der Waals surface area (Å²) in [5, 5.41) is 22.9. The average molecular weight is 1000 g/mol. The molecule has 0 saturated carbocycles. The van der Waals surface area contributed by atoms with Gasteiger partial charge in [0.15, 0.2) is 0 Å². The van der Waals surface area contributed by atoms with E-state index >= 15 is 0 Å². The summed E-state index contributed by atoms with van der Waals surface area (Å²) in [6, 6.07) is 30.9. The van der Waals surface area contributed by atoms with Gasteiger partial charge in [-0.05, 0) is 97.4 Å². The van der Waals surface area contributed by atoms with Gasteiger partial charge in [-0.25, -0.2) is 21.4 Å². The van der Waals surface area contributed by atoms with Gasteiger partial charge < -0.3 is 39.6 Å². The molecule has 4 aromatic carbocycles. The van der Waals surface area contributed by atoms with Crippen molar-refractivity contribution in [1.29, 1.82) is 0 Å². The number of rotatable bonds is 13. The molecule has 71 heavy (non-hydrogen) atoms. The number of benzene rings is 4. The Morgan fingerprint density at radius 3 is 1.99 bits per heavy atom. The van der Waals surface area contributed by atoms with Gasteiger partial charge in [-0.15, -0.1) is 0 Å². The third-order valence-corrected chi connectivity index (χ3v) is 19.2. The molecule has 12 rings (SSSR count). The molecule has 5 aliphatic heterocycles. The molecule has 4 N–H and O–H groups in total. The van der Waals surface area contributed by atoms with Crippen LogP contribution in [0.5, 0.6) is 0 Å². The summed E-state index contributed by atoms with van der Waals surface area (Å²) in [4.78, 5) is 20.9. The number of H-pyrrole nitrogens is 2. The first-order valence-electron chi connectivity index (χ1n) is 24.6. The van der Waals surface area contributed by atoms with Crippen LogP contribution in [0, 0.1) is 0 Å². The molecule has 5 aliphatic rings. The Morgan fingerprint density at radius 1 is 0.718 bits per heavy atom. The van der Waals surface area contributed by atoms with Crippen LogP contribution in [0.25, 0.3) is 50.0 Å². The monoisotopic (exact) mass is 999 g/mol. The van der Waals surface area contributed by atoms with Crippen molar-refractivity contribution in [2.75, 3.05) is 101 Å². The molecule has 0 bridgehead atoms. The molecule has 0 unspecified atom stereocenters. The molecule has 7 aromatic rings. The Morgan fingerprint density at radius 2 is 1.38 bits per heavy atom. The number of anilines is 3. The maximum absolute atomic E-state index is 14.5. The molecule has 3 aromatic heterocycles. The van der Waals surface area contributed by atoms with Crippen molar-refractivity contribution in [3.63, 3.8) is 0 Å². The Labute approximate surface area is 413 Å². The molecule has 19 heteroatoms. The zero-order valence-corrected chi connectivity index (χ0v) is 41.3. The SMILES string of the molecule is COCCN1CCCN(S(=O)(=O)c2ccc(N3CC[C@H](O)C3)c(-c3cc4ccc(-[n+]5ccc(N6CC7(CCN7S(=O)(=O)c7ccc(N8CC[C@H](O)C8)c(-c8cc9ccccc9[nH]8)c7)C6)nc5)cc4[nH]3)c2)C1. The summed E-state index contributed by atoms with van der Waals surface area (Å²) in [6.07, 6.45) is 5.66. The van der Waals surface area contributed by atoms with E-state index < -0.39 is 37.8 Å². The Kier molecular flexibility index (Phi) is 11.7. The van der Waals surface area contributed by atoms with E-state index in [-0.39, 0.29) is 9.79 Å². The van der Waals surface area contributed by atoms with Crippen LogP contribution >= 0.6 is 0 Å². The van der Waals surface area contributed by atoms with Gasteiger partial charge in [-0.1, -0.05) is 18.2 Å². The van der Waals surface area contributed by atoms with E-state index in [1.165, 1.54) is 0 Å². The predicted molar refractivity (Wildman–Crippen MR) is 273 cm³/mol. The zero-order valence-electron chi connectivity index (χ0n) is 39.7. The van der Waals surface area contributed by atoms with E-state index in [0.29, 0.717) is 85.0 Å². The first kappa shape index (κ1) is 46.2. The standard InChI is InChI=1S/C52H59N10O7S2/c1-69-24-23-56-17-4-18-61(35-56)70(65,66)41-9-11-49(57-19-13-39(63)30-57)43(28-41)48-26-37-7-8-38(27-46(37)55-48)59-21-15-51(53-34-59)60-32-52(33-60)16-22-62(52)71(67,68)42-10-12-50(58-20-14-40(64)31-58)44(29-42)47-25-36-5-2-3-6-45(36)54-47/h2-3,5-12,15,21,25-29,34,39-40,54-55,63-64H,4,13-14,16-20,22-24,30-33,35H2,1H3/q+1/t39-,40-/m0/s1. The van der Waals surface area contributed by atoms with Crippen LogP contribution in [-0.2, 0) is 24.8 Å². The van der Waals surface area contributed by atoms with E-state index in [1.807, 2.05) is 77.5 Å². The van der Waals surface area contributed by atoms with Crippen LogP contribution in [0.4, 0.5) is 17.2 Å². The lowest BCUT2D eigenvalue weighted by Crippen LogP contribution is -2.78. The number of aromatic amines is 2. The Balaban J connectivity index is 0.765. The first-order chi connectivity index (χ1) is 34.3. The van der Waals surface area contributed by atoms with Crippen molar-refractivity contribution >= 4 is 59.0 Å². The summed E-state index contributed by atoms with van der Waals surface area (Å²) in [7, 11) is -6.00. The fourth-order valence-electron chi connectivity index (χ4n) is 11.3. The number of methoxy groups -OCH3 is 1. The Hall–Kier alpha value is -5.90. The number of nitrogens with zero attached hydrogens (tertiary/aromatic N) is 8. The molecule has 370 valence electrons. The van der Waals surface area contributed by atoms with E-state index in [1.54, 1.807) is 46.3 Å². The second-order valence-corrected chi connectivity index (χ2v) is 23.7. The van der Waals surface area contributed by atoms with Crippen LogP contribution < -0.4 is 19.3 Å². The lowest BCUT2D eigenvalue weighted by atomic mass is 9.80. The zero-order chi connectivity index (χ0) is 48.6. The smallest absolute Gasteiger partial charge is 0.293 e. The van der Waals surface area contributed by atoms with E-state index in [9.17, 15) is 27.0 Å². The van der Waals surface area contributed by atoms with Crippen molar-refractivity contribution in [3.8, 4) is 28.2 Å². The molecule has 0 radical (unpaired) electrons. The number of sulfonamides is 2. The molecule has 8 heterocycles. The third kappa shape index (κ3) is 8.35. The molecule has 5 fully saturated rings. The highest BCUT2D eigenvalue weighted by Crippen LogP contribution is 2.46. The fraction of sp³-hybridized carbons (Fsp3) is 0.385. The average Bonchev–Trinajstić information content (AvgIpc) is 4.19. The summed E-state index contributed by atoms with van der Waals surface area (Å²) in [5.74, 6) is 0.763. The van der Waals surface area contributed by atoms with E-state index in [0.717, 1.165) is 86.6 Å². The second kappa shape index (κ2) is 18.0. The minimum atomic E-state index is -3.84. The fourth-order valence-corrected chi connectivity index (χ4v) is 14.6. The highest BCUT2D eigenvalue weighted by atomic mass is 32.2. The molecule has 2 atom stereocenters. The number of para-hydroxylation sites is 1. The first-order valence-corrected chi connectivity index (χ1v) is 27.5. The topological polar surface area (TPSA) is 186 Å². The number of aliphatic hydroxyl groups is 2. The number of aromatic nitrogens is 4. The number of nitrogens with one attached hydrogen (secondary N) is 2. The highest BCUT2D eigenvalue weighted by molar-refractivity contribution is 7.89. The summed E-state index contributed by atoms with van der Waals surface area (Å²) < 4.78 is 67.8. The number of β-amino-alcohol motifs (C(OH)–C–C–N with tert-alkyl or cyclic N) is 2. The number of hydrogen-bond donors (Lipinski definition) is 4. The van der Waals surface area contributed by atoms with Gasteiger partial charge in [0.2, 0.25) is 25.9 Å². The van der Waals surface area contributed by atoms with Crippen molar-refractivity contribution in [3.05, 3.63) is 110 Å². The number of fused-ring (bicyclic) bond motifs is 2. The maximum Gasteiger partial charge on any atom is 0.293 e. The van der Waals surface area contributed by atoms with Crippen molar-refractivity contribution in [1.82, 2.24) is 28.5 Å². The van der Waals surface area contributed by atoms with Gasteiger partial charge in [-0.3, -0.25) is 4.90 Å². The van der Waals surface area contributed by atoms with Gasteiger partial charge in [0.25, 0.3) is 6.33 Å². The summed E-state index contributed by atoms with van der Waals surface area (Å²) in [6.45, 7) is 6.60. The largest absolute Gasteiger partial charge is 0.391 e. The van der Waals surface area contributed by atoms with Crippen molar-refractivity contribution in [2.45, 2.75) is 53.2 Å². The Bertz CT molecular complexity index is 3340. The minimum absolute atomic E-state index is 0.228. The van der Waals surface area contributed by atoms with Crippen LogP contribution in [0.3, 0.4) is 0 Å². The molecule has 17 nitrogen and oxygen atoms in total. The van der Waals surface area contributed by atoms with Gasteiger partial charge in [0, 0.05) is 135 Å². The van der Waals surface area contributed by atoms with E-state index in [4.69, 9.17) is 9.72 Å². The lowest BCUT2D eigenvalue weighted by molar-refractivity contribution is -0.599. The number of aliphatic hydroxyl groups excluding tert-OH is 2. The molecule has 1 spiro atoms. The summed E-state index contributed by atoms with van der Waals surface area (Å²) >= 11 is 0. The predicted octanol–water partition coefficient (Wildman–Crippen LogP) is 4.75. The van der Waals surface area contributed by atoms with Gasteiger partial charge in [0.05, 0.1) is 46.3 Å². The lowest BCUT2D eigenvalue weighted by Gasteiger charge is -2.60. The number of hydrogen-bond acceptors (Lipinski definition) is 12. The molecular weight excluding hydrogens is 941 g/mol. The van der Waals surface area contributed by atoms with Gasteiger partial charge in [0.1, 0.15) is 11.9 Å². The highest BCUT2D eigenvalue weighted by Gasteiger charge is 2.59. The number of ether oxygens (including phenoxy) is 1. The van der Waals surface area contributed by atoms with Crippen molar-refractivity contribution in [2.24, 2.45) is 0 Å². The van der Waals surface area contributed by atoms with Gasteiger partial charge >= 0.3 is 0 Å². The van der Waals surface area contributed by atoms with Crippen LogP contribution in [0.2, 0.25) is 0 Å². The summed E-state index contributed by atoms with van der Waals surface area (Å²) in [5.41, 5.74) is 7.12. The molecule has 0 amide bonds. The third-order valence-electron chi connectivity index (χ3n) is 15.3. The quantitative estimate of drug-likeness (QED) is 0.117. The maximum atomic E-state index is 14.5. The van der Waals surface area contributed by atoms with Crippen LogP contribution in [0.1, 0.15) is 25.7 Å². The van der Waals surface area contributed by atoms with Gasteiger partial charge in [-0.2, -0.15) is 8.61 Å².